The summed E-state index contributed by atoms with van der Waals surface area (Å²) in [6.45, 7) is 2.91. The highest BCUT2D eigenvalue weighted by molar-refractivity contribution is 6.30. The molecule has 78 valence electrons. The zero-order valence-electron chi connectivity index (χ0n) is 8.59. The Balaban J connectivity index is 2.39. The van der Waals surface area contributed by atoms with Crippen LogP contribution in [-0.4, -0.2) is 19.8 Å². The summed E-state index contributed by atoms with van der Waals surface area (Å²) in [6.07, 6.45) is 0.999. The zero-order valence-corrected chi connectivity index (χ0v) is 9.34. The molecule has 1 atom stereocenters. The van der Waals surface area contributed by atoms with Gasteiger partial charge in [-0.1, -0.05) is 11.6 Å². The van der Waals surface area contributed by atoms with Crippen molar-refractivity contribution < 1.29 is 4.74 Å². The number of rotatable bonds is 5. The number of hydrogen-bond acceptors (Lipinski definition) is 2. The quantitative estimate of drug-likeness (QED) is 0.811. The van der Waals surface area contributed by atoms with Crippen LogP contribution >= 0.6 is 11.6 Å². The van der Waals surface area contributed by atoms with Gasteiger partial charge in [-0.15, -0.1) is 0 Å². The maximum absolute atomic E-state index is 5.78. The second-order valence-corrected chi connectivity index (χ2v) is 3.77. The smallest absolute Gasteiger partial charge is 0.0481 e. The van der Waals surface area contributed by atoms with Crippen molar-refractivity contribution in [1.82, 2.24) is 0 Å². The molecule has 0 amide bonds. The lowest BCUT2D eigenvalue weighted by Gasteiger charge is -2.14. The van der Waals surface area contributed by atoms with Crippen molar-refractivity contribution in [3.63, 3.8) is 0 Å². The van der Waals surface area contributed by atoms with Gasteiger partial charge >= 0.3 is 0 Å². The third-order valence-electron chi connectivity index (χ3n) is 2.01. The van der Waals surface area contributed by atoms with Crippen LogP contribution in [0.5, 0.6) is 0 Å². The van der Waals surface area contributed by atoms with E-state index in [0.29, 0.717) is 6.04 Å². The summed E-state index contributed by atoms with van der Waals surface area (Å²) >= 11 is 5.78. The summed E-state index contributed by atoms with van der Waals surface area (Å²) in [7, 11) is 1.72. The molecule has 2 nitrogen and oxygen atoms in total. The Morgan fingerprint density at radius 3 is 2.57 bits per heavy atom. The Bertz CT molecular complexity index is 260. The van der Waals surface area contributed by atoms with Gasteiger partial charge in [-0.3, -0.25) is 0 Å². The predicted molar refractivity (Wildman–Crippen MR) is 61.0 cm³/mol. The summed E-state index contributed by atoms with van der Waals surface area (Å²) in [4.78, 5) is 0. The Kier molecular flexibility index (Phi) is 4.77. The SMILES string of the molecule is COCCC(C)Nc1ccc(Cl)cc1. The minimum absolute atomic E-state index is 0.413. The van der Waals surface area contributed by atoms with Crippen LogP contribution < -0.4 is 5.32 Å². The minimum atomic E-state index is 0.413. The summed E-state index contributed by atoms with van der Waals surface area (Å²) in [5, 5.41) is 4.13. The highest BCUT2D eigenvalue weighted by atomic mass is 35.5. The van der Waals surface area contributed by atoms with Crippen molar-refractivity contribution in [2.24, 2.45) is 0 Å². The molecular formula is C11H16ClNO. The van der Waals surface area contributed by atoms with Gasteiger partial charge in [-0.25, -0.2) is 0 Å². The lowest BCUT2D eigenvalue weighted by atomic mass is 10.2. The molecule has 1 rings (SSSR count). The Hall–Kier alpha value is -0.730. The van der Waals surface area contributed by atoms with E-state index in [1.54, 1.807) is 7.11 Å². The van der Waals surface area contributed by atoms with E-state index in [9.17, 15) is 0 Å². The van der Waals surface area contributed by atoms with E-state index in [1.165, 1.54) is 0 Å². The van der Waals surface area contributed by atoms with Gasteiger partial charge < -0.3 is 10.1 Å². The number of ether oxygens (including phenoxy) is 1. The van der Waals surface area contributed by atoms with E-state index in [1.807, 2.05) is 24.3 Å². The van der Waals surface area contributed by atoms with Gasteiger partial charge in [0, 0.05) is 30.5 Å². The van der Waals surface area contributed by atoms with Crippen LogP contribution in [0.4, 0.5) is 5.69 Å². The molecule has 1 unspecified atom stereocenters. The fourth-order valence-electron chi connectivity index (χ4n) is 1.20. The first-order valence-electron chi connectivity index (χ1n) is 4.73. The zero-order chi connectivity index (χ0) is 10.4. The van der Waals surface area contributed by atoms with Crippen molar-refractivity contribution in [3.05, 3.63) is 29.3 Å². The molecule has 0 aliphatic heterocycles. The standard InChI is InChI=1S/C11H16ClNO/c1-9(7-8-14-2)13-11-5-3-10(12)4-6-11/h3-6,9,13H,7-8H2,1-2H3. The number of methoxy groups -OCH3 is 1. The monoisotopic (exact) mass is 213 g/mol. The summed E-state index contributed by atoms with van der Waals surface area (Å²) in [5.74, 6) is 0. The second kappa shape index (κ2) is 5.89. The Morgan fingerprint density at radius 1 is 1.36 bits per heavy atom. The van der Waals surface area contributed by atoms with Crippen molar-refractivity contribution in [2.45, 2.75) is 19.4 Å². The van der Waals surface area contributed by atoms with Crippen LogP contribution in [0.1, 0.15) is 13.3 Å². The fraction of sp³-hybridized carbons (Fsp3) is 0.455. The summed E-state index contributed by atoms with van der Waals surface area (Å²) in [6, 6.07) is 8.13. The molecule has 0 saturated heterocycles. The van der Waals surface area contributed by atoms with Crippen LogP contribution in [0.15, 0.2) is 24.3 Å². The molecule has 0 aliphatic carbocycles. The van der Waals surface area contributed by atoms with Crippen molar-refractivity contribution in [1.29, 1.82) is 0 Å². The first-order valence-corrected chi connectivity index (χ1v) is 5.11. The van der Waals surface area contributed by atoms with E-state index < -0.39 is 0 Å². The van der Waals surface area contributed by atoms with Crippen LogP contribution in [0.3, 0.4) is 0 Å². The Morgan fingerprint density at radius 2 is 2.00 bits per heavy atom. The van der Waals surface area contributed by atoms with Gasteiger partial charge in [-0.05, 0) is 37.6 Å². The van der Waals surface area contributed by atoms with E-state index in [2.05, 4.69) is 12.2 Å². The molecule has 0 radical (unpaired) electrons. The maximum atomic E-state index is 5.78. The average Bonchev–Trinajstić information content (AvgIpc) is 2.18. The molecule has 0 aromatic heterocycles. The van der Waals surface area contributed by atoms with E-state index in [0.717, 1.165) is 23.7 Å². The third kappa shape index (κ3) is 3.99. The normalized spacial score (nSPS) is 12.5. The first-order chi connectivity index (χ1) is 6.72. The van der Waals surface area contributed by atoms with Gasteiger partial charge in [0.05, 0.1) is 0 Å². The maximum Gasteiger partial charge on any atom is 0.0481 e. The van der Waals surface area contributed by atoms with Crippen LogP contribution in [-0.2, 0) is 4.74 Å². The van der Waals surface area contributed by atoms with Crippen molar-refractivity contribution >= 4 is 17.3 Å². The summed E-state index contributed by atoms with van der Waals surface area (Å²) in [5.41, 5.74) is 1.10. The lowest BCUT2D eigenvalue weighted by Crippen LogP contribution is -2.16. The van der Waals surface area contributed by atoms with Gasteiger partial charge in [0.1, 0.15) is 0 Å². The fourth-order valence-corrected chi connectivity index (χ4v) is 1.32. The molecule has 0 fully saturated rings. The topological polar surface area (TPSA) is 21.3 Å². The van der Waals surface area contributed by atoms with Crippen LogP contribution in [0.25, 0.3) is 0 Å². The molecule has 14 heavy (non-hydrogen) atoms. The van der Waals surface area contributed by atoms with Gasteiger partial charge in [-0.2, -0.15) is 0 Å². The van der Waals surface area contributed by atoms with Gasteiger partial charge in [0.15, 0.2) is 0 Å². The third-order valence-corrected chi connectivity index (χ3v) is 2.26. The summed E-state index contributed by atoms with van der Waals surface area (Å²) < 4.78 is 5.01. The van der Waals surface area contributed by atoms with E-state index >= 15 is 0 Å². The highest BCUT2D eigenvalue weighted by Gasteiger charge is 2.00. The van der Waals surface area contributed by atoms with Crippen LogP contribution in [0.2, 0.25) is 5.02 Å². The van der Waals surface area contributed by atoms with Crippen molar-refractivity contribution in [2.75, 3.05) is 19.0 Å². The second-order valence-electron chi connectivity index (χ2n) is 3.33. The molecular weight excluding hydrogens is 198 g/mol. The molecule has 0 spiro atoms. The van der Waals surface area contributed by atoms with Crippen molar-refractivity contribution in [3.8, 4) is 0 Å². The molecule has 1 aromatic rings. The molecule has 0 aliphatic rings. The number of anilines is 1. The lowest BCUT2D eigenvalue weighted by molar-refractivity contribution is 0.191. The van der Waals surface area contributed by atoms with E-state index in [-0.39, 0.29) is 0 Å². The molecule has 3 heteroatoms. The van der Waals surface area contributed by atoms with Gasteiger partial charge in [0.2, 0.25) is 0 Å². The first kappa shape index (κ1) is 11.3. The molecule has 1 N–H and O–H groups in total. The average molecular weight is 214 g/mol. The molecule has 1 aromatic carbocycles. The number of nitrogens with one attached hydrogen (secondary N) is 1. The minimum Gasteiger partial charge on any atom is -0.385 e. The highest BCUT2D eigenvalue weighted by Crippen LogP contribution is 2.14. The number of halogens is 1. The largest absolute Gasteiger partial charge is 0.385 e. The van der Waals surface area contributed by atoms with E-state index in [4.69, 9.17) is 16.3 Å². The van der Waals surface area contributed by atoms with Gasteiger partial charge in [0.25, 0.3) is 0 Å². The Labute approximate surface area is 90.2 Å². The molecule has 0 heterocycles. The number of hydrogen-bond donors (Lipinski definition) is 1. The molecule has 0 saturated carbocycles. The van der Waals surface area contributed by atoms with Crippen LogP contribution in [0, 0.1) is 0 Å². The number of benzene rings is 1. The molecule has 0 bridgehead atoms. The predicted octanol–water partition coefficient (Wildman–Crippen LogP) is 3.18.